The average Bonchev–Trinajstić information content (AvgIpc) is 3.04. The van der Waals surface area contributed by atoms with Crippen molar-refractivity contribution in [3.8, 4) is 0 Å². The van der Waals surface area contributed by atoms with Crippen LogP contribution in [0.3, 0.4) is 0 Å². The Morgan fingerprint density at radius 3 is 2.50 bits per heavy atom. The fourth-order valence-electron chi connectivity index (χ4n) is 2.32. The lowest BCUT2D eigenvalue weighted by atomic mass is 9.96. The largest absolute Gasteiger partial charge is 0.384 e. The van der Waals surface area contributed by atoms with Crippen molar-refractivity contribution in [2.24, 2.45) is 0 Å². The van der Waals surface area contributed by atoms with E-state index in [9.17, 15) is 5.11 Å². The molecule has 1 aromatic heterocycles. The van der Waals surface area contributed by atoms with Crippen molar-refractivity contribution in [1.82, 2.24) is 10.2 Å². The van der Waals surface area contributed by atoms with Gasteiger partial charge in [-0.1, -0.05) is 65.4 Å². The van der Waals surface area contributed by atoms with Gasteiger partial charge in [-0.05, 0) is 30.2 Å². The Bertz CT molecular complexity index is 788. The molecule has 124 valence electrons. The molecule has 2 aromatic carbocycles. The first-order chi connectivity index (χ1) is 11.5. The molecule has 0 aliphatic carbocycles. The molecule has 0 amide bonds. The number of aliphatic hydroxyl groups is 1. The SMILES string of the molecule is CC(O)(CNc1nnc(Cc2ccc(Cl)cc2)s1)c1ccccc1. The van der Waals surface area contributed by atoms with Gasteiger partial charge in [-0.2, -0.15) is 0 Å². The molecule has 3 rings (SSSR count). The van der Waals surface area contributed by atoms with E-state index >= 15 is 0 Å². The number of rotatable bonds is 6. The number of nitrogens with one attached hydrogen (secondary N) is 1. The number of hydrogen-bond donors (Lipinski definition) is 2. The minimum Gasteiger partial charge on any atom is -0.384 e. The Hall–Kier alpha value is -1.95. The number of benzene rings is 2. The van der Waals surface area contributed by atoms with Crippen molar-refractivity contribution in [3.63, 3.8) is 0 Å². The highest BCUT2D eigenvalue weighted by Gasteiger charge is 2.23. The number of nitrogens with zero attached hydrogens (tertiary/aromatic N) is 2. The van der Waals surface area contributed by atoms with Crippen LogP contribution in [0.1, 0.15) is 23.1 Å². The minimum atomic E-state index is -0.969. The lowest BCUT2D eigenvalue weighted by Crippen LogP contribution is -2.30. The van der Waals surface area contributed by atoms with Crippen LogP contribution in [-0.2, 0) is 12.0 Å². The predicted octanol–water partition coefficient (Wildman–Crippen LogP) is 4.10. The average molecular weight is 360 g/mol. The second-order valence-electron chi connectivity index (χ2n) is 5.80. The molecule has 6 heteroatoms. The molecule has 0 aliphatic rings. The van der Waals surface area contributed by atoms with Crippen LogP contribution in [0.15, 0.2) is 54.6 Å². The monoisotopic (exact) mass is 359 g/mol. The topological polar surface area (TPSA) is 58.0 Å². The van der Waals surface area contributed by atoms with E-state index in [2.05, 4.69) is 15.5 Å². The Labute approximate surface area is 150 Å². The summed E-state index contributed by atoms with van der Waals surface area (Å²) < 4.78 is 0. The summed E-state index contributed by atoms with van der Waals surface area (Å²) in [4.78, 5) is 0. The fourth-order valence-corrected chi connectivity index (χ4v) is 3.22. The quantitative estimate of drug-likeness (QED) is 0.695. The Kier molecular flexibility index (Phi) is 5.14. The van der Waals surface area contributed by atoms with Gasteiger partial charge in [0.15, 0.2) is 0 Å². The molecule has 3 aromatic rings. The zero-order chi connectivity index (χ0) is 17.0. The van der Waals surface area contributed by atoms with Gasteiger partial charge in [0.05, 0.1) is 0 Å². The van der Waals surface area contributed by atoms with E-state index < -0.39 is 5.60 Å². The van der Waals surface area contributed by atoms with E-state index in [-0.39, 0.29) is 0 Å². The predicted molar refractivity (Wildman–Crippen MR) is 98.7 cm³/mol. The van der Waals surface area contributed by atoms with E-state index in [0.29, 0.717) is 18.1 Å². The van der Waals surface area contributed by atoms with E-state index in [1.807, 2.05) is 54.6 Å². The molecule has 0 radical (unpaired) electrons. The first kappa shape index (κ1) is 16.9. The van der Waals surface area contributed by atoms with Crippen LogP contribution in [0, 0.1) is 0 Å². The number of halogens is 1. The molecular weight excluding hydrogens is 342 g/mol. The van der Waals surface area contributed by atoms with Crippen molar-refractivity contribution in [2.45, 2.75) is 18.9 Å². The first-order valence-corrected chi connectivity index (χ1v) is 8.81. The van der Waals surface area contributed by atoms with Gasteiger partial charge in [-0.25, -0.2) is 0 Å². The molecule has 0 fully saturated rings. The molecule has 0 bridgehead atoms. The van der Waals surface area contributed by atoms with Crippen molar-refractivity contribution in [2.75, 3.05) is 11.9 Å². The maximum Gasteiger partial charge on any atom is 0.205 e. The maximum atomic E-state index is 10.6. The summed E-state index contributed by atoms with van der Waals surface area (Å²) in [5, 5.41) is 24.5. The summed E-state index contributed by atoms with van der Waals surface area (Å²) in [7, 11) is 0. The van der Waals surface area contributed by atoms with Crippen molar-refractivity contribution < 1.29 is 5.11 Å². The summed E-state index contributed by atoms with van der Waals surface area (Å²) in [6.45, 7) is 2.15. The normalized spacial score (nSPS) is 13.5. The van der Waals surface area contributed by atoms with Gasteiger partial charge in [0, 0.05) is 18.0 Å². The van der Waals surface area contributed by atoms with Gasteiger partial charge in [0.25, 0.3) is 0 Å². The molecule has 0 saturated heterocycles. The minimum absolute atomic E-state index is 0.368. The van der Waals surface area contributed by atoms with Gasteiger partial charge >= 0.3 is 0 Å². The summed E-state index contributed by atoms with van der Waals surface area (Å²) in [5.41, 5.74) is 1.03. The molecule has 1 unspecified atom stereocenters. The van der Waals surface area contributed by atoms with Gasteiger partial charge in [0.2, 0.25) is 5.13 Å². The third-order valence-electron chi connectivity index (χ3n) is 3.71. The number of anilines is 1. The zero-order valence-electron chi connectivity index (χ0n) is 13.2. The van der Waals surface area contributed by atoms with Crippen LogP contribution in [0.2, 0.25) is 5.02 Å². The highest BCUT2D eigenvalue weighted by molar-refractivity contribution is 7.15. The molecule has 2 N–H and O–H groups in total. The summed E-state index contributed by atoms with van der Waals surface area (Å²) in [5.74, 6) is 0. The molecule has 4 nitrogen and oxygen atoms in total. The van der Waals surface area contributed by atoms with Crippen LogP contribution in [0.4, 0.5) is 5.13 Å². The molecule has 24 heavy (non-hydrogen) atoms. The van der Waals surface area contributed by atoms with Crippen LogP contribution in [0.25, 0.3) is 0 Å². The van der Waals surface area contributed by atoms with Crippen molar-refractivity contribution in [3.05, 3.63) is 75.8 Å². The lowest BCUT2D eigenvalue weighted by molar-refractivity contribution is 0.0715. The summed E-state index contributed by atoms with van der Waals surface area (Å²) >= 11 is 7.38. The van der Waals surface area contributed by atoms with E-state index in [4.69, 9.17) is 11.6 Å². The Morgan fingerprint density at radius 1 is 1.08 bits per heavy atom. The Balaban J connectivity index is 1.61. The van der Waals surface area contributed by atoms with Crippen molar-refractivity contribution >= 4 is 28.1 Å². The zero-order valence-corrected chi connectivity index (χ0v) is 14.8. The molecule has 1 heterocycles. The number of aromatic nitrogens is 2. The van der Waals surface area contributed by atoms with E-state index in [0.717, 1.165) is 21.2 Å². The van der Waals surface area contributed by atoms with Gasteiger partial charge in [-0.3, -0.25) is 0 Å². The molecule has 1 atom stereocenters. The maximum absolute atomic E-state index is 10.6. The van der Waals surface area contributed by atoms with E-state index in [1.54, 1.807) is 6.92 Å². The van der Waals surface area contributed by atoms with Crippen molar-refractivity contribution in [1.29, 1.82) is 0 Å². The van der Waals surface area contributed by atoms with Crippen LogP contribution < -0.4 is 5.32 Å². The lowest BCUT2D eigenvalue weighted by Gasteiger charge is -2.23. The van der Waals surface area contributed by atoms with Crippen LogP contribution >= 0.6 is 22.9 Å². The first-order valence-electron chi connectivity index (χ1n) is 7.61. The highest BCUT2D eigenvalue weighted by atomic mass is 35.5. The third kappa shape index (κ3) is 4.32. The van der Waals surface area contributed by atoms with Gasteiger partial charge in [0.1, 0.15) is 10.6 Å². The van der Waals surface area contributed by atoms with Gasteiger partial charge < -0.3 is 10.4 Å². The molecule has 0 spiro atoms. The molecular formula is C18H18ClN3OS. The second-order valence-corrected chi connectivity index (χ2v) is 7.30. The van der Waals surface area contributed by atoms with Crippen LogP contribution in [0.5, 0.6) is 0 Å². The summed E-state index contributed by atoms with van der Waals surface area (Å²) in [6, 6.07) is 17.3. The second kappa shape index (κ2) is 7.30. The number of hydrogen-bond acceptors (Lipinski definition) is 5. The third-order valence-corrected chi connectivity index (χ3v) is 4.85. The Morgan fingerprint density at radius 2 is 1.79 bits per heavy atom. The highest BCUT2D eigenvalue weighted by Crippen LogP contribution is 2.23. The molecule has 0 saturated carbocycles. The van der Waals surface area contributed by atoms with Crippen LogP contribution in [-0.4, -0.2) is 21.8 Å². The summed E-state index contributed by atoms with van der Waals surface area (Å²) in [6.07, 6.45) is 0.714. The fraction of sp³-hybridized carbons (Fsp3) is 0.222. The smallest absolute Gasteiger partial charge is 0.205 e. The standard InChI is InChI=1S/C18H18ClN3OS/c1-18(23,14-5-3-2-4-6-14)12-20-17-22-21-16(24-17)11-13-7-9-15(19)10-8-13/h2-10,23H,11-12H2,1H3,(H,20,22). The molecule has 0 aliphatic heterocycles. The van der Waals surface area contributed by atoms with E-state index in [1.165, 1.54) is 11.3 Å². The van der Waals surface area contributed by atoms with Gasteiger partial charge in [-0.15, -0.1) is 10.2 Å².